The van der Waals surface area contributed by atoms with Crippen LogP contribution in [-0.4, -0.2) is 23.6 Å². The van der Waals surface area contributed by atoms with Gasteiger partial charge in [0.05, 0.1) is 22.9 Å². The third-order valence-corrected chi connectivity index (χ3v) is 5.23. The van der Waals surface area contributed by atoms with Crippen molar-refractivity contribution >= 4 is 49.4 Å². The summed E-state index contributed by atoms with van der Waals surface area (Å²) in [7, 11) is 1.19. The van der Waals surface area contributed by atoms with E-state index in [2.05, 4.69) is 25.7 Å². The van der Waals surface area contributed by atoms with Gasteiger partial charge in [-0.05, 0) is 34.1 Å². The van der Waals surface area contributed by atoms with Crippen molar-refractivity contribution in [1.29, 1.82) is 0 Å². The molecule has 5 nitrogen and oxygen atoms in total. The lowest BCUT2D eigenvalue weighted by Crippen LogP contribution is -2.23. The van der Waals surface area contributed by atoms with Crippen molar-refractivity contribution in [3.63, 3.8) is 0 Å². The maximum Gasteiger partial charge on any atom is 0.325 e. The molecule has 9 heteroatoms. The number of hydrogen-bond acceptors (Lipinski definition) is 4. The molecule has 134 valence electrons. The average molecular weight is 441 g/mol. The van der Waals surface area contributed by atoms with Crippen LogP contribution in [0.5, 0.6) is 0 Å². The van der Waals surface area contributed by atoms with E-state index in [-0.39, 0.29) is 21.6 Å². The van der Waals surface area contributed by atoms with Gasteiger partial charge < -0.3 is 9.30 Å². The normalized spacial score (nSPS) is 11.8. The van der Waals surface area contributed by atoms with Crippen molar-refractivity contribution in [2.75, 3.05) is 7.11 Å². The number of benzene rings is 2. The van der Waals surface area contributed by atoms with Crippen molar-refractivity contribution < 1.29 is 23.1 Å². The Labute approximate surface area is 158 Å². The summed E-state index contributed by atoms with van der Waals surface area (Å²) in [6.45, 7) is -0.360. The Morgan fingerprint density at radius 2 is 2.00 bits per heavy atom. The van der Waals surface area contributed by atoms with Crippen molar-refractivity contribution in [2.45, 2.75) is 6.54 Å². The van der Waals surface area contributed by atoms with E-state index in [0.717, 1.165) is 17.4 Å². The molecule has 26 heavy (non-hydrogen) atoms. The molecule has 0 bridgehead atoms. The van der Waals surface area contributed by atoms with Crippen LogP contribution >= 0.6 is 27.3 Å². The second-order valence-corrected chi connectivity index (χ2v) is 7.04. The highest BCUT2D eigenvalue weighted by atomic mass is 79.9. The number of hydrogen-bond donors (Lipinski definition) is 0. The van der Waals surface area contributed by atoms with Crippen molar-refractivity contribution in [2.24, 2.45) is 4.99 Å². The SMILES string of the molecule is COC(=O)Cn1c(=NC(=O)c2ccccc2Br)sc2cc(F)cc(F)c21. The number of halogens is 3. The standard InChI is InChI=1S/C17H11BrF2N2O3S/c1-25-14(23)8-22-15-12(20)6-9(19)7-13(15)26-17(22)21-16(24)10-4-2-3-5-11(10)18/h2-7H,8H2,1H3. The van der Waals surface area contributed by atoms with E-state index in [1.807, 2.05) is 0 Å². The first-order valence-electron chi connectivity index (χ1n) is 7.29. The van der Waals surface area contributed by atoms with Gasteiger partial charge in [0.1, 0.15) is 12.4 Å². The first kappa shape index (κ1) is 18.4. The molecule has 1 amide bonds. The van der Waals surface area contributed by atoms with Crippen LogP contribution in [0, 0.1) is 11.6 Å². The van der Waals surface area contributed by atoms with Gasteiger partial charge in [0.25, 0.3) is 5.91 Å². The predicted molar refractivity (Wildman–Crippen MR) is 95.8 cm³/mol. The van der Waals surface area contributed by atoms with Gasteiger partial charge in [-0.25, -0.2) is 8.78 Å². The van der Waals surface area contributed by atoms with Crippen LogP contribution < -0.4 is 4.80 Å². The molecule has 0 spiro atoms. The van der Waals surface area contributed by atoms with Crippen LogP contribution in [0.25, 0.3) is 10.2 Å². The number of aromatic nitrogens is 1. The third-order valence-electron chi connectivity index (χ3n) is 3.51. The molecule has 3 rings (SSSR count). The van der Waals surface area contributed by atoms with Gasteiger partial charge in [0.15, 0.2) is 10.6 Å². The maximum atomic E-state index is 14.3. The van der Waals surface area contributed by atoms with Gasteiger partial charge >= 0.3 is 5.97 Å². The quantitative estimate of drug-likeness (QED) is 0.583. The average Bonchev–Trinajstić information content (AvgIpc) is 2.92. The summed E-state index contributed by atoms with van der Waals surface area (Å²) < 4.78 is 34.4. The maximum absolute atomic E-state index is 14.3. The fourth-order valence-electron chi connectivity index (χ4n) is 2.34. The second-order valence-electron chi connectivity index (χ2n) is 5.18. The van der Waals surface area contributed by atoms with E-state index in [4.69, 9.17) is 0 Å². The number of carbonyl (C=O) groups excluding carboxylic acids is 2. The van der Waals surface area contributed by atoms with Gasteiger partial charge in [-0.15, -0.1) is 0 Å². The van der Waals surface area contributed by atoms with E-state index >= 15 is 0 Å². The molecule has 0 fully saturated rings. The Morgan fingerprint density at radius 3 is 2.69 bits per heavy atom. The van der Waals surface area contributed by atoms with E-state index < -0.39 is 23.5 Å². The zero-order valence-electron chi connectivity index (χ0n) is 13.3. The minimum atomic E-state index is -0.852. The summed E-state index contributed by atoms with van der Waals surface area (Å²) in [5.41, 5.74) is 0.293. The number of ether oxygens (including phenoxy) is 1. The Hall–Kier alpha value is -2.39. The number of esters is 1. The van der Waals surface area contributed by atoms with Crippen LogP contribution in [0.1, 0.15) is 10.4 Å². The van der Waals surface area contributed by atoms with Gasteiger partial charge in [0, 0.05) is 10.5 Å². The summed E-state index contributed by atoms with van der Waals surface area (Å²) in [6, 6.07) is 8.52. The van der Waals surface area contributed by atoms with Gasteiger partial charge in [0.2, 0.25) is 0 Å². The summed E-state index contributed by atoms with van der Waals surface area (Å²) in [5.74, 6) is -2.84. The van der Waals surface area contributed by atoms with E-state index in [1.54, 1.807) is 24.3 Å². The van der Waals surface area contributed by atoms with Crippen molar-refractivity contribution in [3.8, 4) is 0 Å². The molecular weight excluding hydrogens is 430 g/mol. The van der Waals surface area contributed by atoms with Crippen LogP contribution in [0.4, 0.5) is 8.78 Å². The first-order valence-corrected chi connectivity index (χ1v) is 8.90. The minimum Gasteiger partial charge on any atom is -0.468 e. The van der Waals surface area contributed by atoms with Crippen LogP contribution in [0.3, 0.4) is 0 Å². The molecule has 1 aromatic heterocycles. The molecule has 0 radical (unpaired) electrons. The van der Waals surface area contributed by atoms with Gasteiger partial charge in [-0.3, -0.25) is 9.59 Å². The Bertz CT molecular complexity index is 1090. The molecule has 0 aliphatic heterocycles. The highest BCUT2D eigenvalue weighted by Gasteiger charge is 2.17. The molecule has 0 aliphatic carbocycles. The molecule has 2 aromatic carbocycles. The number of fused-ring (bicyclic) bond motifs is 1. The molecule has 0 N–H and O–H groups in total. The Kier molecular flexibility index (Phi) is 5.28. The smallest absolute Gasteiger partial charge is 0.325 e. The topological polar surface area (TPSA) is 60.7 Å². The van der Waals surface area contributed by atoms with E-state index in [9.17, 15) is 18.4 Å². The highest BCUT2D eigenvalue weighted by molar-refractivity contribution is 9.10. The van der Waals surface area contributed by atoms with Crippen molar-refractivity contribution in [1.82, 2.24) is 4.57 Å². The zero-order valence-corrected chi connectivity index (χ0v) is 15.7. The summed E-state index contributed by atoms with van der Waals surface area (Å²) in [4.78, 5) is 28.2. The summed E-state index contributed by atoms with van der Waals surface area (Å²) >= 11 is 4.17. The fraction of sp³-hybridized carbons (Fsp3) is 0.118. The van der Waals surface area contributed by atoms with Crippen LogP contribution in [-0.2, 0) is 16.1 Å². The first-order chi connectivity index (χ1) is 12.4. The van der Waals surface area contributed by atoms with Crippen LogP contribution in [0.2, 0.25) is 0 Å². The molecule has 0 unspecified atom stereocenters. The minimum absolute atomic E-state index is 0.0134. The molecule has 0 saturated heterocycles. The number of nitrogens with zero attached hydrogens (tertiary/aromatic N) is 2. The van der Waals surface area contributed by atoms with Crippen LogP contribution in [0.15, 0.2) is 45.9 Å². The number of rotatable bonds is 3. The third kappa shape index (κ3) is 3.58. The van der Waals surface area contributed by atoms with E-state index in [1.165, 1.54) is 11.7 Å². The Morgan fingerprint density at radius 1 is 1.27 bits per heavy atom. The summed E-state index contributed by atoms with van der Waals surface area (Å²) in [6.07, 6.45) is 0. The molecule has 0 atom stereocenters. The number of amides is 1. The lowest BCUT2D eigenvalue weighted by molar-refractivity contribution is -0.141. The lowest BCUT2D eigenvalue weighted by atomic mass is 10.2. The lowest BCUT2D eigenvalue weighted by Gasteiger charge is -2.04. The predicted octanol–water partition coefficient (Wildman–Crippen LogP) is 3.66. The van der Waals surface area contributed by atoms with Gasteiger partial charge in [-0.1, -0.05) is 23.5 Å². The number of thiazole rings is 1. The fourth-order valence-corrected chi connectivity index (χ4v) is 3.86. The van der Waals surface area contributed by atoms with Crippen molar-refractivity contribution in [3.05, 3.63) is 62.9 Å². The highest BCUT2D eigenvalue weighted by Crippen LogP contribution is 2.23. The molecule has 0 aliphatic rings. The molecule has 1 heterocycles. The summed E-state index contributed by atoms with van der Waals surface area (Å²) in [5, 5.41) is 0. The second kappa shape index (κ2) is 7.46. The molecule has 3 aromatic rings. The molecule has 0 saturated carbocycles. The largest absolute Gasteiger partial charge is 0.468 e. The Balaban J connectivity index is 2.22. The number of methoxy groups -OCH3 is 1. The van der Waals surface area contributed by atoms with E-state index in [0.29, 0.717) is 16.1 Å². The zero-order chi connectivity index (χ0) is 18.8. The monoisotopic (exact) mass is 440 g/mol. The molecular formula is C17H11BrF2N2O3S. The number of carbonyl (C=O) groups is 2. The van der Waals surface area contributed by atoms with Gasteiger partial charge in [-0.2, -0.15) is 4.99 Å².